The van der Waals surface area contributed by atoms with Crippen LogP contribution in [0.1, 0.15) is 11.1 Å². The fourth-order valence-corrected chi connectivity index (χ4v) is 3.27. The normalized spacial score (nSPS) is 10.6. The number of hydrogen-bond donors (Lipinski definition) is 1. The smallest absolute Gasteiger partial charge is 0.161 e. The summed E-state index contributed by atoms with van der Waals surface area (Å²) in [5.74, 6) is 2.39. The maximum atomic E-state index is 10.4. The van der Waals surface area contributed by atoms with Gasteiger partial charge < -0.3 is 24.1 Å². The number of hydrogen-bond acceptors (Lipinski definition) is 5. The van der Waals surface area contributed by atoms with Crippen LogP contribution >= 0.6 is 0 Å². The highest BCUT2D eigenvalue weighted by molar-refractivity contribution is 5.40. The van der Waals surface area contributed by atoms with Gasteiger partial charge in [0.25, 0.3) is 0 Å². The highest BCUT2D eigenvalue weighted by Gasteiger charge is 2.12. The van der Waals surface area contributed by atoms with Crippen molar-refractivity contribution in [1.29, 1.82) is 0 Å². The van der Waals surface area contributed by atoms with E-state index in [0.29, 0.717) is 36.2 Å². The van der Waals surface area contributed by atoms with Crippen molar-refractivity contribution >= 4 is 0 Å². The Bertz CT molecular complexity index is 1040. The van der Waals surface area contributed by atoms with Crippen molar-refractivity contribution in [3.05, 3.63) is 120 Å². The molecule has 174 valence electrons. The van der Waals surface area contributed by atoms with E-state index in [-0.39, 0.29) is 13.2 Å². The molecule has 5 nitrogen and oxygen atoms in total. The summed E-state index contributed by atoms with van der Waals surface area (Å²) in [7, 11) is 0. The molecule has 0 radical (unpaired) electrons. The number of benzene rings is 4. The third-order valence-electron chi connectivity index (χ3n) is 5.04. The lowest BCUT2D eigenvalue weighted by Crippen LogP contribution is -2.25. The molecule has 34 heavy (non-hydrogen) atoms. The van der Waals surface area contributed by atoms with E-state index in [1.807, 2.05) is 109 Å². The maximum Gasteiger partial charge on any atom is 0.161 e. The second-order valence-electron chi connectivity index (χ2n) is 7.72. The molecule has 0 saturated heterocycles. The molecule has 4 aromatic rings. The summed E-state index contributed by atoms with van der Waals surface area (Å²) in [4.78, 5) is 0. The van der Waals surface area contributed by atoms with E-state index in [0.717, 1.165) is 11.1 Å². The summed E-state index contributed by atoms with van der Waals surface area (Å²) >= 11 is 0. The SMILES string of the molecule is OC(COc1ccccc1OCc1ccccc1)COc1ccccc1OCc1ccccc1. The van der Waals surface area contributed by atoms with Crippen LogP contribution in [0.25, 0.3) is 0 Å². The molecule has 0 unspecified atom stereocenters. The number of para-hydroxylation sites is 4. The summed E-state index contributed by atoms with van der Waals surface area (Å²) in [5, 5.41) is 10.4. The summed E-state index contributed by atoms with van der Waals surface area (Å²) in [5.41, 5.74) is 2.14. The lowest BCUT2D eigenvalue weighted by Gasteiger charge is -2.17. The quantitative estimate of drug-likeness (QED) is 0.298. The van der Waals surface area contributed by atoms with Gasteiger partial charge in [-0.05, 0) is 35.4 Å². The minimum atomic E-state index is -0.829. The minimum Gasteiger partial charge on any atom is -0.487 e. The number of rotatable bonds is 12. The van der Waals surface area contributed by atoms with Gasteiger partial charge in [0.2, 0.25) is 0 Å². The van der Waals surface area contributed by atoms with Gasteiger partial charge in [-0.2, -0.15) is 0 Å². The summed E-state index contributed by atoms with van der Waals surface area (Å²) in [6.07, 6.45) is -0.829. The largest absolute Gasteiger partial charge is 0.487 e. The molecule has 0 aliphatic carbocycles. The molecule has 0 bridgehead atoms. The van der Waals surface area contributed by atoms with Crippen LogP contribution in [-0.4, -0.2) is 24.4 Å². The molecule has 0 aliphatic rings. The topological polar surface area (TPSA) is 57.2 Å². The van der Waals surface area contributed by atoms with Gasteiger partial charge in [-0.25, -0.2) is 0 Å². The van der Waals surface area contributed by atoms with Gasteiger partial charge in [0.15, 0.2) is 23.0 Å². The van der Waals surface area contributed by atoms with Crippen LogP contribution in [-0.2, 0) is 13.2 Å². The van der Waals surface area contributed by atoms with Crippen LogP contribution < -0.4 is 18.9 Å². The molecule has 4 rings (SSSR count). The van der Waals surface area contributed by atoms with Gasteiger partial charge in [0.1, 0.15) is 32.5 Å². The first-order chi connectivity index (χ1) is 16.8. The third kappa shape index (κ3) is 7.02. The Balaban J connectivity index is 1.27. The van der Waals surface area contributed by atoms with Gasteiger partial charge in [0.05, 0.1) is 0 Å². The first kappa shape index (κ1) is 23.2. The molecule has 0 heterocycles. The average Bonchev–Trinajstić information content (AvgIpc) is 2.90. The Kier molecular flexibility index (Phi) is 8.41. The maximum absolute atomic E-state index is 10.4. The van der Waals surface area contributed by atoms with E-state index in [2.05, 4.69) is 0 Å². The van der Waals surface area contributed by atoms with E-state index in [9.17, 15) is 5.11 Å². The minimum absolute atomic E-state index is 0.0682. The average molecular weight is 457 g/mol. The van der Waals surface area contributed by atoms with Gasteiger partial charge in [-0.1, -0.05) is 84.9 Å². The molecule has 0 aliphatic heterocycles. The van der Waals surface area contributed by atoms with Crippen molar-refractivity contribution in [2.45, 2.75) is 19.3 Å². The number of aliphatic hydroxyl groups is 1. The standard InChI is InChI=1S/C29H28O5/c30-25(21-33-28-17-9-7-15-26(28)31-19-23-11-3-1-4-12-23)22-34-29-18-10-8-16-27(29)32-20-24-13-5-2-6-14-24/h1-18,25,30H,19-22H2. The van der Waals surface area contributed by atoms with Crippen molar-refractivity contribution < 1.29 is 24.1 Å². The highest BCUT2D eigenvalue weighted by Crippen LogP contribution is 2.29. The monoisotopic (exact) mass is 456 g/mol. The summed E-state index contributed by atoms with van der Waals surface area (Å²) in [6, 6.07) is 34.7. The molecule has 0 atom stereocenters. The highest BCUT2D eigenvalue weighted by atomic mass is 16.5. The first-order valence-corrected chi connectivity index (χ1v) is 11.2. The van der Waals surface area contributed by atoms with Crippen LogP contribution in [0.5, 0.6) is 23.0 Å². The van der Waals surface area contributed by atoms with Crippen molar-refractivity contribution in [2.75, 3.05) is 13.2 Å². The van der Waals surface area contributed by atoms with Gasteiger partial charge >= 0.3 is 0 Å². The predicted octanol–water partition coefficient (Wildman–Crippen LogP) is 5.66. The second-order valence-corrected chi connectivity index (χ2v) is 7.72. The molecule has 0 amide bonds. The van der Waals surface area contributed by atoms with Crippen molar-refractivity contribution in [2.24, 2.45) is 0 Å². The van der Waals surface area contributed by atoms with E-state index in [1.165, 1.54) is 0 Å². The Morgan fingerprint density at radius 2 is 0.765 bits per heavy atom. The van der Waals surface area contributed by atoms with Crippen LogP contribution in [0, 0.1) is 0 Å². The van der Waals surface area contributed by atoms with Crippen LogP contribution in [0.4, 0.5) is 0 Å². The molecule has 0 aromatic heterocycles. The second kappa shape index (κ2) is 12.3. The fraction of sp³-hybridized carbons (Fsp3) is 0.172. The van der Waals surface area contributed by atoms with Crippen LogP contribution in [0.2, 0.25) is 0 Å². The zero-order chi connectivity index (χ0) is 23.4. The Labute approximate surface area is 200 Å². The van der Waals surface area contributed by atoms with Gasteiger partial charge in [-0.15, -0.1) is 0 Å². The van der Waals surface area contributed by atoms with Crippen LogP contribution in [0.3, 0.4) is 0 Å². The molecule has 0 fully saturated rings. The first-order valence-electron chi connectivity index (χ1n) is 11.2. The molecule has 1 N–H and O–H groups in total. The van der Waals surface area contributed by atoms with Gasteiger partial charge in [0, 0.05) is 0 Å². The van der Waals surface area contributed by atoms with Crippen LogP contribution in [0.15, 0.2) is 109 Å². The Morgan fingerprint density at radius 1 is 0.441 bits per heavy atom. The third-order valence-corrected chi connectivity index (χ3v) is 5.04. The Morgan fingerprint density at radius 3 is 1.15 bits per heavy atom. The summed E-state index contributed by atoms with van der Waals surface area (Å²) < 4.78 is 23.5. The number of aliphatic hydroxyl groups excluding tert-OH is 1. The van der Waals surface area contributed by atoms with E-state index in [4.69, 9.17) is 18.9 Å². The fourth-order valence-electron chi connectivity index (χ4n) is 3.27. The molecule has 0 saturated carbocycles. The van der Waals surface area contributed by atoms with Gasteiger partial charge in [-0.3, -0.25) is 0 Å². The zero-order valence-electron chi connectivity index (χ0n) is 18.9. The van der Waals surface area contributed by atoms with Crippen molar-refractivity contribution in [3.63, 3.8) is 0 Å². The molecular weight excluding hydrogens is 428 g/mol. The molecule has 5 heteroatoms. The van der Waals surface area contributed by atoms with E-state index in [1.54, 1.807) is 0 Å². The Hall–Kier alpha value is -3.96. The lowest BCUT2D eigenvalue weighted by molar-refractivity contribution is 0.0599. The zero-order valence-corrected chi connectivity index (χ0v) is 18.9. The summed E-state index contributed by atoms with van der Waals surface area (Å²) in [6.45, 7) is 1.01. The molecular formula is C29H28O5. The lowest BCUT2D eigenvalue weighted by atomic mass is 10.2. The molecule has 4 aromatic carbocycles. The van der Waals surface area contributed by atoms with Crippen molar-refractivity contribution in [3.8, 4) is 23.0 Å². The van der Waals surface area contributed by atoms with E-state index < -0.39 is 6.10 Å². The van der Waals surface area contributed by atoms with E-state index >= 15 is 0 Å². The molecule has 0 spiro atoms. The van der Waals surface area contributed by atoms with Crippen molar-refractivity contribution in [1.82, 2.24) is 0 Å². The number of ether oxygens (including phenoxy) is 4. The predicted molar refractivity (Wildman–Crippen MR) is 131 cm³/mol.